The molecule has 0 atom stereocenters. The zero-order chi connectivity index (χ0) is 13.1. The monoisotopic (exact) mass is 240 g/mol. The summed E-state index contributed by atoms with van der Waals surface area (Å²) >= 11 is 0. The van der Waals surface area contributed by atoms with Crippen LogP contribution in [0.25, 0.3) is 0 Å². The van der Waals surface area contributed by atoms with E-state index in [1.807, 2.05) is 25.7 Å². The van der Waals surface area contributed by atoms with Crippen molar-refractivity contribution in [2.24, 2.45) is 0 Å². The SMILES string of the molecule is CCC(=CCN1CCNC(=O)C1(C)C)C(=O)O. The van der Waals surface area contributed by atoms with E-state index in [-0.39, 0.29) is 5.91 Å². The third-order valence-corrected chi connectivity index (χ3v) is 3.23. The molecule has 0 aromatic carbocycles. The molecule has 17 heavy (non-hydrogen) atoms. The van der Waals surface area contributed by atoms with Gasteiger partial charge in [0.2, 0.25) is 5.91 Å². The first-order valence-corrected chi connectivity index (χ1v) is 5.85. The number of nitrogens with zero attached hydrogens (tertiary/aromatic N) is 1. The molecule has 0 unspecified atom stereocenters. The third-order valence-electron chi connectivity index (χ3n) is 3.23. The Bertz CT molecular complexity index is 348. The normalized spacial score (nSPS) is 21.1. The number of carboxylic acid groups (broad SMARTS) is 1. The molecule has 96 valence electrons. The van der Waals surface area contributed by atoms with Crippen LogP contribution < -0.4 is 5.32 Å². The van der Waals surface area contributed by atoms with Gasteiger partial charge in [-0.05, 0) is 20.3 Å². The van der Waals surface area contributed by atoms with Gasteiger partial charge in [0.1, 0.15) is 0 Å². The Balaban J connectivity index is 2.74. The summed E-state index contributed by atoms with van der Waals surface area (Å²) in [5.41, 5.74) is -0.182. The molecule has 0 radical (unpaired) electrons. The number of aliphatic carboxylic acids is 1. The fraction of sp³-hybridized carbons (Fsp3) is 0.667. The highest BCUT2D eigenvalue weighted by molar-refractivity contribution is 5.87. The van der Waals surface area contributed by atoms with E-state index in [0.29, 0.717) is 25.1 Å². The smallest absolute Gasteiger partial charge is 0.331 e. The molecule has 1 amide bonds. The Hall–Kier alpha value is -1.36. The highest BCUT2D eigenvalue weighted by atomic mass is 16.4. The lowest BCUT2D eigenvalue weighted by molar-refractivity contribution is -0.134. The lowest BCUT2D eigenvalue weighted by Gasteiger charge is -2.40. The van der Waals surface area contributed by atoms with Crippen LogP contribution in [0.2, 0.25) is 0 Å². The molecule has 5 heteroatoms. The molecule has 5 nitrogen and oxygen atoms in total. The quantitative estimate of drug-likeness (QED) is 0.707. The van der Waals surface area contributed by atoms with Crippen molar-refractivity contribution in [1.29, 1.82) is 0 Å². The number of hydrogen-bond acceptors (Lipinski definition) is 3. The lowest BCUT2D eigenvalue weighted by atomic mass is 9.98. The molecule has 1 fully saturated rings. The maximum atomic E-state index is 11.7. The molecular formula is C12H20N2O3. The van der Waals surface area contributed by atoms with Gasteiger partial charge in [-0.2, -0.15) is 0 Å². The molecule has 0 aromatic heterocycles. The van der Waals surface area contributed by atoms with Crippen LogP contribution in [-0.2, 0) is 9.59 Å². The third kappa shape index (κ3) is 3.06. The van der Waals surface area contributed by atoms with Gasteiger partial charge in [0.15, 0.2) is 0 Å². The Labute approximate surface area is 101 Å². The van der Waals surface area contributed by atoms with Crippen molar-refractivity contribution in [2.75, 3.05) is 19.6 Å². The van der Waals surface area contributed by atoms with Crippen LogP contribution in [0.15, 0.2) is 11.6 Å². The molecule has 1 aliphatic rings. The van der Waals surface area contributed by atoms with Gasteiger partial charge >= 0.3 is 5.97 Å². The molecule has 0 aliphatic carbocycles. The van der Waals surface area contributed by atoms with Crippen molar-refractivity contribution in [3.05, 3.63) is 11.6 Å². The topological polar surface area (TPSA) is 69.6 Å². The first kappa shape index (κ1) is 13.7. The van der Waals surface area contributed by atoms with Gasteiger partial charge in [0.05, 0.1) is 5.54 Å². The number of carbonyl (C=O) groups excluding carboxylic acids is 1. The number of hydrogen-bond donors (Lipinski definition) is 2. The minimum atomic E-state index is -0.883. The molecular weight excluding hydrogens is 220 g/mol. The van der Waals surface area contributed by atoms with E-state index in [0.717, 1.165) is 6.54 Å². The number of amides is 1. The highest BCUT2D eigenvalue weighted by Gasteiger charge is 2.36. The van der Waals surface area contributed by atoms with Gasteiger partial charge in [-0.15, -0.1) is 0 Å². The molecule has 0 saturated carbocycles. The molecule has 1 rings (SSSR count). The molecule has 1 saturated heterocycles. The number of carboxylic acids is 1. The summed E-state index contributed by atoms with van der Waals surface area (Å²) < 4.78 is 0. The van der Waals surface area contributed by atoms with E-state index in [1.165, 1.54) is 0 Å². The van der Waals surface area contributed by atoms with Gasteiger partial charge in [0, 0.05) is 25.2 Å². The summed E-state index contributed by atoms with van der Waals surface area (Å²) in [4.78, 5) is 24.5. The Kier molecular flexibility index (Phi) is 4.28. The van der Waals surface area contributed by atoms with Crippen LogP contribution >= 0.6 is 0 Å². The predicted octanol–water partition coefficient (Wildman–Crippen LogP) is 0.618. The van der Waals surface area contributed by atoms with Crippen LogP contribution in [-0.4, -0.2) is 47.1 Å². The average Bonchev–Trinajstić information content (AvgIpc) is 2.24. The van der Waals surface area contributed by atoms with Crippen molar-refractivity contribution < 1.29 is 14.7 Å². The predicted molar refractivity (Wildman–Crippen MR) is 64.7 cm³/mol. The minimum absolute atomic E-state index is 0.00877. The largest absolute Gasteiger partial charge is 0.478 e. The average molecular weight is 240 g/mol. The van der Waals surface area contributed by atoms with Crippen LogP contribution in [0.4, 0.5) is 0 Å². The molecule has 1 heterocycles. The van der Waals surface area contributed by atoms with Crippen molar-refractivity contribution in [2.45, 2.75) is 32.7 Å². The maximum Gasteiger partial charge on any atom is 0.331 e. The minimum Gasteiger partial charge on any atom is -0.478 e. The first-order valence-electron chi connectivity index (χ1n) is 5.85. The fourth-order valence-electron chi connectivity index (χ4n) is 1.87. The van der Waals surface area contributed by atoms with E-state index in [9.17, 15) is 9.59 Å². The van der Waals surface area contributed by atoms with E-state index >= 15 is 0 Å². The second kappa shape index (κ2) is 5.31. The highest BCUT2D eigenvalue weighted by Crippen LogP contribution is 2.17. The standard InChI is InChI=1S/C12H20N2O3/c1-4-9(10(15)16)5-7-14-8-6-13-11(17)12(14,2)3/h5H,4,6-8H2,1-3H3,(H,13,17)(H,15,16). The van der Waals surface area contributed by atoms with E-state index in [1.54, 1.807) is 6.08 Å². The molecule has 0 bridgehead atoms. The number of nitrogens with one attached hydrogen (secondary N) is 1. The van der Waals surface area contributed by atoms with Gasteiger partial charge < -0.3 is 10.4 Å². The van der Waals surface area contributed by atoms with Gasteiger partial charge in [-0.25, -0.2) is 4.79 Å². The Morgan fingerprint density at radius 1 is 1.59 bits per heavy atom. The first-order chi connectivity index (χ1) is 7.89. The number of piperazine rings is 1. The summed E-state index contributed by atoms with van der Waals surface area (Å²) in [6.45, 7) is 7.36. The van der Waals surface area contributed by atoms with Gasteiger partial charge in [0.25, 0.3) is 0 Å². The van der Waals surface area contributed by atoms with Crippen molar-refractivity contribution in [1.82, 2.24) is 10.2 Å². The molecule has 1 aliphatic heterocycles. The molecule has 0 spiro atoms. The van der Waals surface area contributed by atoms with Gasteiger partial charge in [-0.3, -0.25) is 9.69 Å². The maximum absolute atomic E-state index is 11.7. The molecule has 2 N–H and O–H groups in total. The Morgan fingerprint density at radius 3 is 2.76 bits per heavy atom. The summed E-state index contributed by atoms with van der Waals surface area (Å²) in [6, 6.07) is 0. The zero-order valence-electron chi connectivity index (χ0n) is 10.6. The number of rotatable bonds is 4. The fourth-order valence-corrected chi connectivity index (χ4v) is 1.87. The van der Waals surface area contributed by atoms with Crippen molar-refractivity contribution in [3.8, 4) is 0 Å². The summed E-state index contributed by atoms with van der Waals surface area (Å²) in [5, 5.41) is 11.7. The zero-order valence-corrected chi connectivity index (χ0v) is 10.6. The van der Waals surface area contributed by atoms with Gasteiger partial charge in [-0.1, -0.05) is 13.0 Å². The summed E-state index contributed by atoms with van der Waals surface area (Å²) in [7, 11) is 0. The van der Waals surface area contributed by atoms with Crippen molar-refractivity contribution in [3.63, 3.8) is 0 Å². The second-order valence-corrected chi connectivity index (χ2v) is 4.65. The lowest BCUT2D eigenvalue weighted by Crippen LogP contribution is -2.61. The van der Waals surface area contributed by atoms with Crippen LogP contribution in [0.3, 0.4) is 0 Å². The van der Waals surface area contributed by atoms with E-state index in [2.05, 4.69) is 5.32 Å². The summed E-state index contributed by atoms with van der Waals surface area (Å²) in [6.07, 6.45) is 2.19. The second-order valence-electron chi connectivity index (χ2n) is 4.65. The summed E-state index contributed by atoms with van der Waals surface area (Å²) in [5.74, 6) is -0.891. The van der Waals surface area contributed by atoms with E-state index < -0.39 is 11.5 Å². The van der Waals surface area contributed by atoms with Crippen LogP contribution in [0.1, 0.15) is 27.2 Å². The molecule has 0 aromatic rings. The van der Waals surface area contributed by atoms with Crippen LogP contribution in [0, 0.1) is 0 Å². The van der Waals surface area contributed by atoms with Crippen molar-refractivity contribution >= 4 is 11.9 Å². The number of carbonyl (C=O) groups is 2. The Morgan fingerprint density at radius 2 is 2.24 bits per heavy atom. The van der Waals surface area contributed by atoms with Crippen LogP contribution in [0.5, 0.6) is 0 Å². The van der Waals surface area contributed by atoms with E-state index in [4.69, 9.17) is 5.11 Å².